The van der Waals surface area contributed by atoms with E-state index in [0.717, 1.165) is 12.2 Å². The zero-order valence-electron chi connectivity index (χ0n) is 11.4. The van der Waals surface area contributed by atoms with E-state index >= 15 is 0 Å². The van der Waals surface area contributed by atoms with Crippen molar-refractivity contribution in [1.29, 1.82) is 0 Å². The Hall–Kier alpha value is -1.39. The summed E-state index contributed by atoms with van der Waals surface area (Å²) in [4.78, 5) is 11.5. The molecule has 2 atom stereocenters. The van der Waals surface area contributed by atoms with E-state index in [1.165, 1.54) is 5.56 Å². The lowest BCUT2D eigenvalue weighted by Crippen LogP contribution is -2.52. The lowest BCUT2D eigenvalue weighted by atomic mass is 9.90. The highest BCUT2D eigenvalue weighted by Crippen LogP contribution is 2.26. The third-order valence-corrected chi connectivity index (χ3v) is 3.26. The molecule has 0 amide bonds. The average molecular weight is 264 g/mol. The van der Waals surface area contributed by atoms with Crippen molar-refractivity contribution >= 4 is 5.78 Å². The molecule has 4 nitrogen and oxygen atoms in total. The molecule has 1 aliphatic carbocycles. The number of Topliss-reactive ketones (excluding diaryl/α,β-unsaturated/α-hetero) is 1. The summed E-state index contributed by atoms with van der Waals surface area (Å²) < 4.78 is 16.1. The monoisotopic (exact) mass is 264 g/mol. The zero-order valence-corrected chi connectivity index (χ0v) is 11.4. The van der Waals surface area contributed by atoms with Crippen molar-refractivity contribution < 1.29 is 19.0 Å². The number of carbonyl (C=O) groups excluding carboxylic acids is 1. The van der Waals surface area contributed by atoms with E-state index in [1.54, 1.807) is 7.11 Å². The number of hydrogen-bond donors (Lipinski definition) is 0. The Balaban J connectivity index is 1.85. The molecule has 1 fully saturated rings. The van der Waals surface area contributed by atoms with Crippen LogP contribution in [-0.2, 0) is 20.7 Å². The number of aryl methyl sites for hydroxylation is 1. The normalized spacial score (nSPS) is 22.1. The fraction of sp³-hybridized carbons (Fsp3) is 0.533. The van der Waals surface area contributed by atoms with Crippen molar-refractivity contribution in [3.8, 4) is 5.75 Å². The second-order valence-corrected chi connectivity index (χ2v) is 4.61. The Morgan fingerprint density at radius 1 is 1.21 bits per heavy atom. The van der Waals surface area contributed by atoms with Gasteiger partial charge >= 0.3 is 0 Å². The number of benzene rings is 1. The van der Waals surface area contributed by atoms with Gasteiger partial charge in [-0.1, -0.05) is 19.1 Å². The molecular formula is C15H20O4. The minimum absolute atomic E-state index is 0.103. The maximum atomic E-state index is 11.5. The number of ether oxygens (including phenoxy) is 3. The summed E-state index contributed by atoms with van der Waals surface area (Å²) in [5.41, 5.74) is 1.27. The second-order valence-electron chi connectivity index (χ2n) is 4.61. The molecule has 1 aliphatic rings. The van der Waals surface area contributed by atoms with Crippen LogP contribution in [0.1, 0.15) is 18.9 Å². The second kappa shape index (κ2) is 6.68. The Morgan fingerprint density at radius 2 is 1.95 bits per heavy atom. The van der Waals surface area contributed by atoms with Gasteiger partial charge in [0.1, 0.15) is 11.9 Å². The van der Waals surface area contributed by atoms with E-state index in [0.29, 0.717) is 19.6 Å². The molecule has 0 spiro atoms. The smallest absolute Gasteiger partial charge is 0.169 e. The van der Waals surface area contributed by atoms with Gasteiger partial charge in [-0.3, -0.25) is 4.79 Å². The van der Waals surface area contributed by atoms with Gasteiger partial charge in [0, 0.05) is 13.5 Å². The fourth-order valence-corrected chi connectivity index (χ4v) is 2.01. The van der Waals surface area contributed by atoms with Gasteiger partial charge in [0.05, 0.1) is 13.2 Å². The van der Waals surface area contributed by atoms with Crippen LogP contribution in [0.25, 0.3) is 0 Å². The molecule has 1 saturated carbocycles. The van der Waals surface area contributed by atoms with Crippen LogP contribution >= 0.6 is 0 Å². The summed E-state index contributed by atoms with van der Waals surface area (Å²) >= 11 is 0. The molecule has 0 heterocycles. The van der Waals surface area contributed by atoms with Crippen LogP contribution < -0.4 is 4.74 Å². The molecule has 4 heteroatoms. The Labute approximate surface area is 113 Å². The third kappa shape index (κ3) is 3.55. The number of hydrogen-bond acceptors (Lipinski definition) is 4. The van der Waals surface area contributed by atoms with Crippen molar-refractivity contribution in [2.24, 2.45) is 0 Å². The van der Waals surface area contributed by atoms with E-state index in [2.05, 4.69) is 6.92 Å². The first-order chi connectivity index (χ1) is 9.24. The highest BCUT2D eigenvalue weighted by atomic mass is 16.6. The third-order valence-electron chi connectivity index (χ3n) is 3.26. The summed E-state index contributed by atoms with van der Waals surface area (Å²) in [7, 11) is 1.61. The molecule has 19 heavy (non-hydrogen) atoms. The average Bonchev–Trinajstić information content (AvgIpc) is 2.44. The van der Waals surface area contributed by atoms with E-state index in [1.807, 2.05) is 24.3 Å². The molecular weight excluding hydrogens is 244 g/mol. The van der Waals surface area contributed by atoms with Crippen molar-refractivity contribution in [3.63, 3.8) is 0 Å². The van der Waals surface area contributed by atoms with Gasteiger partial charge in [0.15, 0.2) is 11.9 Å². The number of carbonyl (C=O) groups is 1. The highest BCUT2D eigenvalue weighted by Gasteiger charge is 2.42. The van der Waals surface area contributed by atoms with Crippen LogP contribution in [0.5, 0.6) is 5.75 Å². The van der Waals surface area contributed by atoms with E-state index < -0.39 is 6.10 Å². The molecule has 0 aliphatic heterocycles. The highest BCUT2D eigenvalue weighted by molar-refractivity contribution is 5.90. The zero-order chi connectivity index (χ0) is 13.7. The van der Waals surface area contributed by atoms with Gasteiger partial charge in [-0.15, -0.1) is 0 Å². The fourth-order valence-electron chi connectivity index (χ4n) is 2.01. The van der Waals surface area contributed by atoms with Gasteiger partial charge in [-0.05, 0) is 24.1 Å². The molecule has 1 aromatic rings. The van der Waals surface area contributed by atoms with Gasteiger partial charge < -0.3 is 14.2 Å². The van der Waals surface area contributed by atoms with Crippen molar-refractivity contribution in [2.45, 2.75) is 32.0 Å². The Morgan fingerprint density at radius 3 is 2.53 bits per heavy atom. The number of ketones is 1. The van der Waals surface area contributed by atoms with Crippen LogP contribution in [-0.4, -0.2) is 38.3 Å². The first-order valence-corrected chi connectivity index (χ1v) is 6.63. The van der Waals surface area contributed by atoms with Crippen LogP contribution in [0, 0.1) is 0 Å². The summed E-state index contributed by atoms with van der Waals surface area (Å²) in [6, 6.07) is 7.95. The largest absolute Gasteiger partial charge is 0.487 e. The van der Waals surface area contributed by atoms with E-state index in [9.17, 15) is 4.79 Å². The van der Waals surface area contributed by atoms with Gasteiger partial charge in [0.2, 0.25) is 0 Å². The molecule has 1 aromatic carbocycles. The first-order valence-electron chi connectivity index (χ1n) is 6.63. The molecule has 104 valence electrons. The lowest BCUT2D eigenvalue weighted by molar-refractivity contribution is -0.156. The van der Waals surface area contributed by atoms with Crippen molar-refractivity contribution in [1.82, 2.24) is 0 Å². The molecule has 0 N–H and O–H groups in total. The molecule has 0 aromatic heterocycles. The van der Waals surface area contributed by atoms with Crippen LogP contribution in [0.2, 0.25) is 0 Å². The maximum Gasteiger partial charge on any atom is 0.169 e. The first kappa shape index (κ1) is 14.0. The van der Waals surface area contributed by atoms with Crippen LogP contribution in [0.4, 0.5) is 0 Å². The molecule has 2 unspecified atom stereocenters. The standard InChI is InChI=1S/C15H20O4/c1-3-11-4-6-12(7-5-11)19-14-10-13(16)15(14)18-9-8-17-2/h4-7,14-15H,3,8-10H2,1-2H3. The molecule has 0 bridgehead atoms. The molecule has 2 rings (SSSR count). The predicted molar refractivity (Wildman–Crippen MR) is 71.5 cm³/mol. The van der Waals surface area contributed by atoms with Crippen LogP contribution in [0.15, 0.2) is 24.3 Å². The summed E-state index contributed by atoms with van der Waals surface area (Å²) in [5, 5.41) is 0. The van der Waals surface area contributed by atoms with Gasteiger partial charge in [0.25, 0.3) is 0 Å². The number of rotatable bonds is 7. The summed E-state index contributed by atoms with van der Waals surface area (Å²) in [5.74, 6) is 0.890. The van der Waals surface area contributed by atoms with E-state index in [4.69, 9.17) is 14.2 Å². The topological polar surface area (TPSA) is 44.8 Å². The minimum atomic E-state index is -0.444. The van der Waals surface area contributed by atoms with Crippen molar-refractivity contribution in [3.05, 3.63) is 29.8 Å². The van der Waals surface area contributed by atoms with Crippen LogP contribution in [0.3, 0.4) is 0 Å². The summed E-state index contributed by atoms with van der Waals surface area (Å²) in [6.45, 7) is 3.02. The van der Waals surface area contributed by atoms with Gasteiger partial charge in [-0.2, -0.15) is 0 Å². The van der Waals surface area contributed by atoms with Gasteiger partial charge in [-0.25, -0.2) is 0 Å². The quantitative estimate of drug-likeness (QED) is 0.707. The molecule has 0 saturated heterocycles. The van der Waals surface area contributed by atoms with E-state index in [-0.39, 0.29) is 11.9 Å². The molecule has 0 radical (unpaired) electrons. The lowest BCUT2D eigenvalue weighted by Gasteiger charge is -2.34. The predicted octanol–water partition coefficient (Wildman–Crippen LogP) is 2.00. The Kier molecular flexibility index (Phi) is 4.93. The van der Waals surface area contributed by atoms with Crippen molar-refractivity contribution in [2.75, 3.05) is 20.3 Å². The number of methoxy groups -OCH3 is 1. The minimum Gasteiger partial charge on any atom is -0.487 e. The SMILES string of the molecule is CCc1ccc(OC2CC(=O)C2OCCOC)cc1. The maximum absolute atomic E-state index is 11.5. The summed E-state index contributed by atoms with van der Waals surface area (Å²) in [6.07, 6.45) is 0.816. The Bertz CT molecular complexity index is 413.